The lowest BCUT2D eigenvalue weighted by atomic mass is 9.33. The molecule has 3 nitrogen and oxygen atoms in total. The zero-order chi connectivity index (χ0) is 51.5. The molecular formula is C67H62BN3. The van der Waals surface area contributed by atoms with Crippen molar-refractivity contribution in [1.29, 1.82) is 0 Å². The van der Waals surface area contributed by atoms with Crippen molar-refractivity contribution in [3.05, 3.63) is 228 Å². The van der Waals surface area contributed by atoms with E-state index in [1.54, 1.807) is 0 Å². The largest absolute Gasteiger partial charge is 0.311 e. The molecule has 0 N–H and O–H groups in total. The third-order valence-electron chi connectivity index (χ3n) is 15.6. The second kappa shape index (κ2) is 16.5. The Bertz CT molecular complexity index is 3600. The first-order valence-electron chi connectivity index (χ1n) is 26.8. The van der Waals surface area contributed by atoms with Gasteiger partial charge >= 0.3 is 0 Å². The van der Waals surface area contributed by atoms with Gasteiger partial charge in [-0.1, -0.05) is 170 Å². The fourth-order valence-corrected chi connectivity index (χ4v) is 12.5. The van der Waals surface area contributed by atoms with Crippen LogP contribution in [0.1, 0.15) is 86.8 Å². The smallest absolute Gasteiger partial charge is 0.252 e. The molecule has 3 aliphatic rings. The molecule has 2 heterocycles. The van der Waals surface area contributed by atoms with Crippen molar-refractivity contribution in [2.75, 3.05) is 14.7 Å². The van der Waals surface area contributed by atoms with Gasteiger partial charge in [0, 0.05) is 55.2 Å². The zero-order valence-corrected chi connectivity index (χ0v) is 42.2. The highest BCUT2D eigenvalue weighted by Crippen LogP contribution is 2.54. The van der Waals surface area contributed by atoms with Gasteiger partial charge in [0.05, 0.1) is 5.69 Å². The predicted octanol–water partition coefficient (Wildman–Crippen LogP) is 16.4. The quantitative estimate of drug-likeness (QED) is 0.148. The standard InChI is InChI=1S/C67H62BN3/c1-44-36-62-64-63(37-44)71(59-35-31-49(65(3,4)5)39-53(59)47-24-16-11-17-25-47)61-42-55-54(66(6,7)43-67(55,8)9)41-57(61)68(64)56-33-32-52(69(50-26-18-12-19-27-50)51-28-20-13-21-29-51)40-60(56)70(62)58-34-30-48(38-45(58)2)46-22-14-10-15-23-46/h10-42H,43H2,1-9H3/i1D3. The summed E-state index contributed by atoms with van der Waals surface area (Å²) in [5, 5.41) is 0. The van der Waals surface area contributed by atoms with Gasteiger partial charge < -0.3 is 14.7 Å². The number of para-hydroxylation sites is 2. The van der Waals surface area contributed by atoms with Gasteiger partial charge in [-0.15, -0.1) is 0 Å². The van der Waals surface area contributed by atoms with Crippen molar-refractivity contribution >= 4 is 74.3 Å². The highest BCUT2D eigenvalue weighted by atomic mass is 15.2. The van der Waals surface area contributed by atoms with Gasteiger partial charge in [0.1, 0.15) is 0 Å². The number of rotatable bonds is 7. The van der Waals surface area contributed by atoms with Crippen LogP contribution in [0.3, 0.4) is 0 Å². The van der Waals surface area contributed by atoms with Crippen LogP contribution in [0.4, 0.5) is 51.2 Å². The molecule has 0 atom stereocenters. The van der Waals surface area contributed by atoms with Gasteiger partial charge in [-0.25, -0.2) is 0 Å². The Hall–Kier alpha value is -7.56. The summed E-state index contributed by atoms with van der Waals surface area (Å²) in [5.41, 5.74) is 21.9. The fraction of sp³-hybridized carbons (Fsp3) is 0.194. The Balaban J connectivity index is 1.21. The predicted molar refractivity (Wildman–Crippen MR) is 305 cm³/mol. The number of aryl methyl sites for hydroxylation is 2. The monoisotopic (exact) mass is 923 g/mol. The summed E-state index contributed by atoms with van der Waals surface area (Å²) < 4.78 is 27.8. The van der Waals surface area contributed by atoms with Crippen molar-refractivity contribution < 1.29 is 4.11 Å². The van der Waals surface area contributed by atoms with E-state index in [0.29, 0.717) is 5.56 Å². The topological polar surface area (TPSA) is 9.72 Å². The van der Waals surface area contributed by atoms with Gasteiger partial charge in [-0.3, -0.25) is 0 Å². The van der Waals surface area contributed by atoms with Crippen LogP contribution in [-0.2, 0) is 16.2 Å². The maximum atomic E-state index is 9.27. The van der Waals surface area contributed by atoms with Gasteiger partial charge in [-0.2, -0.15) is 0 Å². The number of benzene rings is 9. The van der Waals surface area contributed by atoms with Crippen LogP contribution in [0.2, 0.25) is 0 Å². The molecule has 0 fully saturated rings. The summed E-state index contributed by atoms with van der Waals surface area (Å²) in [6.45, 7) is 15.9. The minimum atomic E-state index is -2.42. The SMILES string of the molecule is [2H]C([2H])([2H])c1cc2c3c(c1)N(c1ccc(C(C)(C)C)cc1-c1ccccc1)c1cc4c(cc1B3c1ccc(N(c3ccccc3)c3ccccc3)cc1N2c1ccc(-c2ccccc2)cc1C)C(C)(C)CC4(C)C. The Morgan fingerprint density at radius 2 is 1.03 bits per heavy atom. The van der Waals surface area contributed by atoms with E-state index < -0.39 is 6.85 Å². The molecule has 2 aliphatic heterocycles. The first-order chi connectivity index (χ1) is 35.4. The average Bonchev–Trinajstić information content (AvgIpc) is 3.62. The summed E-state index contributed by atoms with van der Waals surface area (Å²) in [6, 6.07) is 72.0. The van der Waals surface area contributed by atoms with Crippen LogP contribution in [0.15, 0.2) is 200 Å². The molecule has 348 valence electrons. The Morgan fingerprint density at radius 1 is 0.479 bits per heavy atom. The summed E-state index contributed by atoms with van der Waals surface area (Å²) in [5.74, 6) is 0. The summed E-state index contributed by atoms with van der Waals surface area (Å²) in [4.78, 5) is 7.14. The lowest BCUT2D eigenvalue weighted by molar-refractivity contribution is 0.403. The Labute approximate surface area is 426 Å². The number of hydrogen-bond donors (Lipinski definition) is 0. The molecule has 0 spiro atoms. The van der Waals surface area contributed by atoms with Crippen molar-refractivity contribution in [2.45, 2.75) is 84.9 Å². The molecule has 0 saturated carbocycles. The van der Waals surface area contributed by atoms with E-state index in [9.17, 15) is 4.11 Å². The Kier molecular flexibility index (Phi) is 9.60. The molecule has 9 aromatic carbocycles. The highest BCUT2D eigenvalue weighted by molar-refractivity contribution is 7.00. The van der Waals surface area contributed by atoms with E-state index in [1.807, 2.05) is 12.1 Å². The fourth-order valence-electron chi connectivity index (χ4n) is 12.5. The van der Waals surface area contributed by atoms with Crippen molar-refractivity contribution in [3.8, 4) is 22.3 Å². The first kappa shape index (κ1) is 41.2. The summed E-state index contributed by atoms with van der Waals surface area (Å²) in [6.07, 6.45) is 1.01. The molecule has 0 aromatic heterocycles. The van der Waals surface area contributed by atoms with E-state index in [2.05, 4.69) is 258 Å². The normalized spacial score (nSPS) is 15.7. The minimum Gasteiger partial charge on any atom is -0.311 e. The number of fused-ring (bicyclic) bond motifs is 5. The highest BCUT2D eigenvalue weighted by Gasteiger charge is 2.48. The first-order valence-corrected chi connectivity index (χ1v) is 25.3. The van der Waals surface area contributed by atoms with Crippen LogP contribution in [0, 0.1) is 13.8 Å². The number of nitrogens with zero attached hydrogens (tertiary/aromatic N) is 3. The van der Waals surface area contributed by atoms with Crippen LogP contribution < -0.4 is 31.1 Å². The van der Waals surface area contributed by atoms with E-state index in [1.165, 1.54) is 27.6 Å². The Morgan fingerprint density at radius 3 is 1.62 bits per heavy atom. The average molecular weight is 923 g/mol. The van der Waals surface area contributed by atoms with Gasteiger partial charge in [0.25, 0.3) is 6.71 Å². The molecule has 71 heavy (non-hydrogen) atoms. The van der Waals surface area contributed by atoms with Crippen molar-refractivity contribution in [3.63, 3.8) is 0 Å². The van der Waals surface area contributed by atoms with E-state index in [-0.39, 0.29) is 23.0 Å². The molecule has 9 aromatic rings. The van der Waals surface area contributed by atoms with Gasteiger partial charge in [-0.05, 0) is 176 Å². The van der Waals surface area contributed by atoms with Gasteiger partial charge in [0.2, 0.25) is 0 Å². The minimum absolute atomic E-state index is 0.0760. The van der Waals surface area contributed by atoms with Crippen LogP contribution >= 0.6 is 0 Å². The maximum Gasteiger partial charge on any atom is 0.252 e. The van der Waals surface area contributed by atoms with Crippen LogP contribution in [0.25, 0.3) is 22.3 Å². The van der Waals surface area contributed by atoms with E-state index in [0.717, 1.165) is 90.9 Å². The molecule has 0 unspecified atom stereocenters. The molecule has 0 amide bonds. The van der Waals surface area contributed by atoms with E-state index in [4.69, 9.17) is 0 Å². The number of anilines is 9. The molecule has 4 heteroatoms. The zero-order valence-electron chi connectivity index (χ0n) is 45.2. The lowest BCUT2D eigenvalue weighted by Crippen LogP contribution is -2.61. The van der Waals surface area contributed by atoms with Crippen LogP contribution in [-0.4, -0.2) is 6.71 Å². The molecular weight excluding hydrogens is 858 g/mol. The third-order valence-corrected chi connectivity index (χ3v) is 15.6. The van der Waals surface area contributed by atoms with Crippen molar-refractivity contribution in [1.82, 2.24) is 0 Å². The molecule has 0 bridgehead atoms. The van der Waals surface area contributed by atoms with Gasteiger partial charge in [0.15, 0.2) is 0 Å². The summed E-state index contributed by atoms with van der Waals surface area (Å²) in [7, 11) is 0. The number of hydrogen-bond acceptors (Lipinski definition) is 3. The van der Waals surface area contributed by atoms with E-state index >= 15 is 0 Å². The lowest BCUT2D eigenvalue weighted by Gasteiger charge is -2.46. The molecule has 0 radical (unpaired) electrons. The van der Waals surface area contributed by atoms with Crippen LogP contribution in [0.5, 0.6) is 0 Å². The molecule has 1 aliphatic carbocycles. The molecule has 0 saturated heterocycles. The maximum absolute atomic E-state index is 9.27. The third kappa shape index (κ3) is 7.41. The summed E-state index contributed by atoms with van der Waals surface area (Å²) >= 11 is 0. The second-order valence-electron chi connectivity index (χ2n) is 22.4. The van der Waals surface area contributed by atoms with Crippen molar-refractivity contribution in [2.24, 2.45) is 0 Å². The second-order valence-corrected chi connectivity index (χ2v) is 22.4. The molecule has 12 rings (SSSR count).